The first kappa shape index (κ1) is 16.1. The molecular weight excluding hydrogens is 288 g/mol. The maximum atomic E-state index is 12.1. The van der Waals surface area contributed by atoms with Crippen LogP contribution in [0.25, 0.3) is 0 Å². The number of rotatable bonds is 4. The van der Waals surface area contributed by atoms with Crippen molar-refractivity contribution >= 4 is 17.7 Å². The topological polar surface area (TPSA) is 32.8 Å². The van der Waals surface area contributed by atoms with Gasteiger partial charge >= 0.3 is 6.09 Å². The SMILES string of the molecule is CCC(C)N1CCN(C(=O)OCc2ccccc2Cl)CC1. The largest absolute Gasteiger partial charge is 0.444 e. The van der Waals surface area contributed by atoms with Crippen molar-refractivity contribution in [3.8, 4) is 0 Å². The van der Waals surface area contributed by atoms with Gasteiger partial charge in [0.1, 0.15) is 6.61 Å². The van der Waals surface area contributed by atoms with Gasteiger partial charge in [-0.25, -0.2) is 4.79 Å². The van der Waals surface area contributed by atoms with Gasteiger partial charge in [0.25, 0.3) is 0 Å². The van der Waals surface area contributed by atoms with Crippen LogP contribution in [-0.4, -0.2) is 48.1 Å². The Kier molecular flexibility index (Phi) is 5.88. The molecule has 4 nitrogen and oxygen atoms in total. The second-order valence-corrected chi connectivity index (χ2v) is 5.83. The van der Waals surface area contributed by atoms with E-state index in [1.165, 1.54) is 0 Å². The second kappa shape index (κ2) is 7.66. The maximum Gasteiger partial charge on any atom is 0.410 e. The Hall–Kier alpha value is -1.26. The number of nitrogens with zero attached hydrogens (tertiary/aromatic N) is 2. The molecule has 5 heteroatoms. The molecule has 1 amide bonds. The maximum absolute atomic E-state index is 12.1. The van der Waals surface area contributed by atoms with Gasteiger partial charge in [0, 0.05) is 42.8 Å². The number of hydrogen-bond donors (Lipinski definition) is 0. The van der Waals surface area contributed by atoms with Crippen LogP contribution in [0.15, 0.2) is 24.3 Å². The van der Waals surface area contributed by atoms with Gasteiger partial charge in [-0.2, -0.15) is 0 Å². The molecule has 1 fully saturated rings. The van der Waals surface area contributed by atoms with Crippen molar-refractivity contribution in [1.82, 2.24) is 9.80 Å². The molecule has 0 bridgehead atoms. The summed E-state index contributed by atoms with van der Waals surface area (Å²) >= 11 is 6.05. The predicted molar refractivity (Wildman–Crippen MR) is 84.5 cm³/mol. The zero-order valence-electron chi connectivity index (χ0n) is 12.7. The number of halogens is 1. The van der Waals surface area contributed by atoms with Crippen LogP contribution in [0, 0.1) is 0 Å². The van der Waals surface area contributed by atoms with Crippen molar-refractivity contribution in [2.75, 3.05) is 26.2 Å². The molecular formula is C16H23ClN2O2. The lowest BCUT2D eigenvalue weighted by Gasteiger charge is -2.37. The monoisotopic (exact) mass is 310 g/mol. The van der Waals surface area contributed by atoms with Crippen LogP contribution in [0.4, 0.5) is 4.79 Å². The van der Waals surface area contributed by atoms with E-state index in [2.05, 4.69) is 18.7 Å². The summed E-state index contributed by atoms with van der Waals surface area (Å²) in [5, 5.41) is 0.631. The van der Waals surface area contributed by atoms with Gasteiger partial charge in [-0.05, 0) is 19.4 Å². The summed E-state index contributed by atoms with van der Waals surface area (Å²) in [4.78, 5) is 16.3. The van der Waals surface area contributed by atoms with Gasteiger partial charge in [-0.15, -0.1) is 0 Å². The molecule has 0 aliphatic carbocycles. The molecule has 1 unspecified atom stereocenters. The van der Waals surface area contributed by atoms with Crippen molar-refractivity contribution in [1.29, 1.82) is 0 Å². The van der Waals surface area contributed by atoms with Crippen LogP contribution in [0.2, 0.25) is 5.02 Å². The number of piperazine rings is 1. The van der Waals surface area contributed by atoms with Crippen LogP contribution in [0.1, 0.15) is 25.8 Å². The molecule has 0 spiro atoms. The Morgan fingerprint density at radius 2 is 1.95 bits per heavy atom. The van der Waals surface area contributed by atoms with E-state index in [0.717, 1.165) is 38.2 Å². The molecule has 1 atom stereocenters. The second-order valence-electron chi connectivity index (χ2n) is 5.43. The van der Waals surface area contributed by atoms with Crippen molar-refractivity contribution in [3.05, 3.63) is 34.9 Å². The molecule has 0 saturated carbocycles. The van der Waals surface area contributed by atoms with E-state index in [4.69, 9.17) is 16.3 Å². The zero-order valence-corrected chi connectivity index (χ0v) is 13.5. The molecule has 21 heavy (non-hydrogen) atoms. The average molecular weight is 311 g/mol. The summed E-state index contributed by atoms with van der Waals surface area (Å²) in [5.74, 6) is 0. The van der Waals surface area contributed by atoms with E-state index >= 15 is 0 Å². The molecule has 0 radical (unpaired) electrons. The summed E-state index contributed by atoms with van der Waals surface area (Å²) in [6.07, 6.45) is 0.885. The summed E-state index contributed by atoms with van der Waals surface area (Å²) in [7, 11) is 0. The van der Waals surface area contributed by atoms with E-state index in [9.17, 15) is 4.79 Å². The zero-order chi connectivity index (χ0) is 15.2. The van der Waals surface area contributed by atoms with Crippen LogP contribution in [0.3, 0.4) is 0 Å². The third-order valence-electron chi connectivity index (χ3n) is 4.10. The minimum absolute atomic E-state index is 0.226. The molecule has 1 saturated heterocycles. The summed E-state index contributed by atoms with van der Waals surface area (Å²) < 4.78 is 5.35. The van der Waals surface area contributed by atoms with E-state index in [1.54, 1.807) is 11.0 Å². The van der Waals surface area contributed by atoms with Crippen LogP contribution < -0.4 is 0 Å². The fraction of sp³-hybridized carbons (Fsp3) is 0.562. The lowest BCUT2D eigenvalue weighted by atomic mass is 10.2. The smallest absolute Gasteiger partial charge is 0.410 e. The first-order valence-electron chi connectivity index (χ1n) is 7.51. The Balaban J connectivity index is 1.79. The van der Waals surface area contributed by atoms with Gasteiger partial charge in [-0.3, -0.25) is 4.90 Å². The predicted octanol–water partition coefficient (Wildman–Crippen LogP) is 3.39. The van der Waals surface area contributed by atoms with Gasteiger partial charge in [-0.1, -0.05) is 36.7 Å². The molecule has 1 aromatic rings. The third kappa shape index (κ3) is 4.35. The molecule has 1 aliphatic rings. The minimum atomic E-state index is -0.251. The van der Waals surface area contributed by atoms with Crippen LogP contribution >= 0.6 is 11.6 Å². The minimum Gasteiger partial charge on any atom is -0.444 e. The molecule has 1 aromatic carbocycles. The first-order chi connectivity index (χ1) is 10.1. The summed E-state index contributed by atoms with van der Waals surface area (Å²) in [5.41, 5.74) is 0.839. The highest BCUT2D eigenvalue weighted by molar-refractivity contribution is 6.31. The Morgan fingerprint density at radius 3 is 2.57 bits per heavy atom. The fourth-order valence-corrected chi connectivity index (χ4v) is 2.64. The first-order valence-corrected chi connectivity index (χ1v) is 7.88. The highest BCUT2D eigenvalue weighted by Gasteiger charge is 2.24. The van der Waals surface area contributed by atoms with Crippen LogP contribution in [-0.2, 0) is 11.3 Å². The summed E-state index contributed by atoms with van der Waals surface area (Å²) in [6, 6.07) is 8.00. The van der Waals surface area contributed by atoms with Crippen molar-refractivity contribution < 1.29 is 9.53 Å². The van der Waals surface area contributed by atoms with Crippen LogP contribution in [0.5, 0.6) is 0 Å². The van der Waals surface area contributed by atoms with Crippen molar-refractivity contribution in [2.24, 2.45) is 0 Å². The Labute approximate surface area is 131 Å². The van der Waals surface area contributed by atoms with E-state index in [1.807, 2.05) is 18.2 Å². The fourth-order valence-electron chi connectivity index (χ4n) is 2.45. The number of amides is 1. The highest BCUT2D eigenvalue weighted by atomic mass is 35.5. The molecule has 1 aliphatic heterocycles. The van der Waals surface area contributed by atoms with E-state index in [-0.39, 0.29) is 12.7 Å². The number of hydrogen-bond acceptors (Lipinski definition) is 3. The lowest BCUT2D eigenvalue weighted by molar-refractivity contribution is 0.0616. The number of carbonyl (C=O) groups is 1. The standard InChI is InChI=1S/C16H23ClN2O2/c1-3-13(2)18-8-10-19(11-9-18)16(20)21-12-14-6-4-5-7-15(14)17/h4-7,13H,3,8-12H2,1-2H3. The van der Waals surface area contributed by atoms with Crippen molar-refractivity contribution in [3.63, 3.8) is 0 Å². The molecule has 116 valence electrons. The molecule has 2 rings (SSSR count). The van der Waals surface area contributed by atoms with Gasteiger partial charge < -0.3 is 9.64 Å². The molecule has 0 aromatic heterocycles. The van der Waals surface area contributed by atoms with Gasteiger partial charge in [0.05, 0.1) is 0 Å². The molecule has 1 heterocycles. The highest BCUT2D eigenvalue weighted by Crippen LogP contribution is 2.16. The number of carbonyl (C=O) groups excluding carboxylic acids is 1. The lowest BCUT2D eigenvalue weighted by Crippen LogP contribution is -2.51. The average Bonchev–Trinajstić information content (AvgIpc) is 2.53. The van der Waals surface area contributed by atoms with Gasteiger partial charge in [0.2, 0.25) is 0 Å². The molecule has 0 N–H and O–H groups in total. The number of ether oxygens (including phenoxy) is 1. The quantitative estimate of drug-likeness (QED) is 0.854. The van der Waals surface area contributed by atoms with E-state index in [0.29, 0.717) is 11.1 Å². The van der Waals surface area contributed by atoms with Gasteiger partial charge in [0.15, 0.2) is 0 Å². The normalized spacial score (nSPS) is 17.6. The third-order valence-corrected chi connectivity index (χ3v) is 4.46. The van der Waals surface area contributed by atoms with Crippen molar-refractivity contribution in [2.45, 2.75) is 32.9 Å². The van der Waals surface area contributed by atoms with E-state index < -0.39 is 0 Å². The Morgan fingerprint density at radius 1 is 1.29 bits per heavy atom. The Bertz CT molecular complexity index is 473. The number of benzene rings is 1. The summed E-state index contributed by atoms with van der Waals surface area (Å²) in [6.45, 7) is 7.92.